The van der Waals surface area contributed by atoms with Crippen molar-refractivity contribution in [1.29, 1.82) is 0 Å². The molecule has 122 valence electrons. The van der Waals surface area contributed by atoms with Gasteiger partial charge in [-0.1, -0.05) is 0 Å². The molecule has 6 heteroatoms. The maximum Gasteiger partial charge on any atom is 0.320 e. The molecule has 0 spiro atoms. The number of likely N-dealkylation sites (tertiary alicyclic amines) is 1. The summed E-state index contributed by atoms with van der Waals surface area (Å²) < 4.78 is 5.17. The molecule has 1 N–H and O–H groups in total. The first-order valence-corrected chi connectivity index (χ1v) is 7.72. The molecule has 2 amide bonds. The molecule has 0 unspecified atom stereocenters. The van der Waals surface area contributed by atoms with Gasteiger partial charge in [0.2, 0.25) is 0 Å². The quantitative estimate of drug-likeness (QED) is 0.781. The van der Waals surface area contributed by atoms with Crippen molar-refractivity contribution in [2.75, 3.05) is 33.4 Å². The van der Waals surface area contributed by atoms with Crippen LogP contribution in [0, 0.1) is 5.92 Å². The number of hydrogen-bond acceptors (Lipinski definition) is 3. The largest absolute Gasteiger partial charge is 0.481 e. The van der Waals surface area contributed by atoms with Crippen LogP contribution in [0.2, 0.25) is 0 Å². The van der Waals surface area contributed by atoms with E-state index in [-0.39, 0.29) is 18.5 Å². The van der Waals surface area contributed by atoms with E-state index >= 15 is 0 Å². The molecule has 1 fully saturated rings. The van der Waals surface area contributed by atoms with Gasteiger partial charge in [-0.05, 0) is 39.0 Å². The highest BCUT2D eigenvalue weighted by Gasteiger charge is 2.27. The molecule has 0 bridgehead atoms. The van der Waals surface area contributed by atoms with Crippen molar-refractivity contribution < 1.29 is 19.4 Å². The van der Waals surface area contributed by atoms with Gasteiger partial charge in [-0.3, -0.25) is 4.79 Å². The van der Waals surface area contributed by atoms with Crippen molar-refractivity contribution in [3.8, 4) is 0 Å². The van der Waals surface area contributed by atoms with Crippen molar-refractivity contribution in [2.24, 2.45) is 5.92 Å². The van der Waals surface area contributed by atoms with Gasteiger partial charge >= 0.3 is 12.0 Å². The number of ether oxygens (including phenoxy) is 1. The standard InChI is InChI=1S/C15H28N2O4/c1-12(2)17(8-4-5-14(18)19)15(20)16-9-6-13(7-10-16)11-21-3/h12-13H,4-11H2,1-3H3,(H,18,19). The maximum absolute atomic E-state index is 12.6. The molecule has 0 aromatic heterocycles. The van der Waals surface area contributed by atoms with Gasteiger partial charge < -0.3 is 19.6 Å². The van der Waals surface area contributed by atoms with Crippen LogP contribution in [0.5, 0.6) is 0 Å². The van der Waals surface area contributed by atoms with E-state index in [4.69, 9.17) is 9.84 Å². The third kappa shape index (κ3) is 5.91. The SMILES string of the molecule is COCC1CCN(C(=O)N(CCCC(=O)O)C(C)C)CC1. The van der Waals surface area contributed by atoms with Crippen LogP contribution in [0.15, 0.2) is 0 Å². The van der Waals surface area contributed by atoms with Gasteiger partial charge in [0.15, 0.2) is 0 Å². The number of nitrogens with zero attached hydrogens (tertiary/aromatic N) is 2. The molecule has 0 radical (unpaired) electrons. The van der Waals surface area contributed by atoms with E-state index in [9.17, 15) is 9.59 Å². The summed E-state index contributed by atoms with van der Waals surface area (Å²) in [6.07, 6.45) is 2.55. The Balaban J connectivity index is 2.47. The van der Waals surface area contributed by atoms with E-state index in [1.54, 1.807) is 12.0 Å². The molecular weight excluding hydrogens is 272 g/mol. The molecule has 0 saturated carbocycles. The van der Waals surface area contributed by atoms with Crippen LogP contribution in [-0.4, -0.2) is 66.3 Å². The number of methoxy groups -OCH3 is 1. The Kier molecular flexibility index (Phi) is 7.50. The average molecular weight is 300 g/mol. The van der Waals surface area contributed by atoms with E-state index < -0.39 is 5.97 Å². The summed E-state index contributed by atoms with van der Waals surface area (Å²) in [6.45, 7) is 6.71. The van der Waals surface area contributed by atoms with Gasteiger partial charge in [-0.2, -0.15) is 0 Å². The summed E-state index contributed by atoms with van der Waals surface area (Å²) in [5.74, 6) is -0.273. The van der Waals surface area contributed by atoms with Gasteiger partial charge in [0, 0.05) is 45.8 Å². The number of carboxylic acids is 1. The molecule has 0 aromatic rings. The zero-order valence-electron chi connectivity index (χ0n) is 13.4. The number of piperidine rings is 1. The lowest BCUT2D eigenvalue weighted by Crippen LogP contribution is -2.49. The number of amides is 2. The lowest BCUT2D eigenvalue weighted by Gasteiger charge is -2.37. The number of rotatable bonds is 7. The monoisotopic (exact) mass is 300 g/mol. The summed E-state index contributed by atoms with van der Waals surface area (Å²) in [7, 11) is 1.71. The Hall–Kier alpha value is -1.30. The van der Waals surface area contributed by atoms with Crippen molar-refractivity contribution >= 4 is 12.0 Å². The first-order chi connectivity index (χ1) is 9.95. The minimum atomic E-state index is -0.813. The third-order valence-electron chi connectivity index (χ3n) is 3.95. The fourth-order valence-electron chi connectivity index (χ4n) is 2.68. The van der Waals surface area contributed by atoms with Gasteiger partial charge in [0.05, 0.1) is 0 Å². The number of carbonyl (C=O) groups excluding carboxylic acids is 1. The molecule has 0 aliphatic carbocycles. The van der Waals surface area contributed by atoms with Crippen molar-refractivity contribution in [1.82, 2.24) is 9.80 Å². The molecule has 6 nitrogen and oxygen atoms in total. The van der Waals surface area contributed by atoms with Crippen LogP contribution >= 0.6 is 0 Å². The lowest BCUT2D eigenvalue weighted by atomic mass is 9.98. The molecule has 21 heavy (non-hydrogen) atoms. The maximum atomic E-state index is 12.6. The first-order valence-electron chi connectivity index (χ1n) is 7.72. The van der Waals surface area contributed by atoms with Crippen LogP contribution in [-0.2, 0) is 9.53 Å². The minimum absolute atomic E-state index is 0.0336. The zero-order valence-corrected chi connectivity index (χ0v) is 13.4. The van der Waals surface area contributed by atoms with Crippen molar-refractivity contribution in [3.63, 3.8) is 0 Å². The average Bonchev–Trinajstić information content (AvgIpc) is 2.43. The van der Waals surface area contributed by atoms with Crippen molar-refractivity contribution in [3.05, 3.63) is 0 Å². The Morgan fingerprint density at radius 1 is 1.33 bits per heavy atom. The number of urea groups is 1. The second-order valence-electron chi connectivity index (χ2n) is 5.95. The summed E-state index contributed by atoms with van der Waals surface area (Å²) in [5.41, 5.74) is 0. The lowest BCUT2D eigenvalue weighted by molar-refractivity contribution is -0.137. The molecule has 0 aromatic carbocycles. The summed E-state index contributed by atoms with van der Waals surface area (Å²) in [5, 5.41) is 8.71. The Labute approximate surface area is 127 Å². The van der Waals surface area contributed by atoms with E-state index in [2.05, 4.69) is 0 Å². The molecule has 1 aliphatic heterocycles. The number of carbonyl (C=O) groups is 2. The molecule has 1 saturated heterocycles. The number of aliphatic carboxylic acids is 1. The van der Waals surface area contributed by atoms with Gasteiger partial charge in [0.25, 0.3) is 0 Å². The second kappa shape index (κ2) is 8.87. The summed E-state index contributed by atoms with van der Waals surface area (Å²) >= 11 is 0. The minimum Gasteiger partial charge on any atom is -0.481 e. The second-order valence-corrected chi connectivity index (χ2v) is 5.95. The topological polar surface area (TPSA) is 70.1 Å². The molecular formula is C15H28N2O4. The fourth-order valence-corrected chi connectivity index (χ4v) is 2.68. The zero-order chi connectivity index (χ0) is 15.8. The molecule has 0 atom stereocenters. The van der Waals surface area contributed by atoms with Crippen molar-refractivity contribution in [2.45, 2.75) is 45.6 Å². The van der Waals surface area contributed by atoms with Gasteiger partial charge in [0.1, 0.15) is 0 Å². The Morgan fingerprint density at radius 3 is 2.43 bits per heavy atom. The predicted molar refractivity (Wildman–Crippen MR) is 80.3 cm³/mol. The first kappa shape index (κ1) is 17.8. The molecule has 1 rings (SSSR count). The third-order valence-corrected chi connectivity index (χ3v) is 3.95. The molecule has 1 heterocycles. The van der Waals surface area contributed by atoms with Crippen LogP contribution < -0.4 is 0 Å². The van der Waals surface area contributed by atoms with Crippen LogP contribution in [0.25, 0.3) is 0 Å². The Morgan fingerprint density at radius 2 is 1.95 bits per heavy atom. The fraction of sp³-hybridized carbons (Fsp3) is 0.867. The smallest absolute Gasteiger partial charge is 0.320 e. The van der Waals surface area contributed by atoms with Crippen LogP contribution in [0.4, 0.5) is 4.79 Å². The highest BCUT2D eigenvalue weighted by Crippen LogP contribution is 2.19. The van der Waals surface area contributed by atoms with Gasteiger partial charge in [-0.15, -0.1) is 0 Å². The highest BCUT2D eigenvalue weighted by atomic mass is 16.5. The number of carboxylic acid groups (broad SMARTS) is 1. The van der Waals surface area contributed by atoms with E-state index in [0.29, 0.717) is 18.9 Å². The molecule has 1 aliphatic rings. The van der Waals surface area contributed by atoms with E-state index in [0.717, 1.165) is 32.5 Å². The van der Waals surface area contributed by atoms with Crippen LogP contribution in [0.3, 0.4) is 0 Å². The van der Waals surface area contributed by atoms with E-state index in [1.807, 2.05) is 18.7 Å². The number of hydrogen-bond donors (Lipinski definition) is 1. The predicted octanol–water partition coefficient (Wildman–Crippen LogP) is 2.04. The normalized spacial score (nSPS) is 16.3. The van der Waals surface area contributed by atoms with E-state index in [1.165, 1.54) is 0 Å². The van der Waals surface area contributed by atoms with Crippen LogP contribution in [0.1, 0.15) is 39.5 Å². The highest BCUT2D eigenvalue weighted by molar-refractivity contribution is 5.75. The Bertz CT molecular complexity index is 339. The van der Waals surface area contributed by atoms with Gasteiger partial charge in [-0.25, -0.2) is 4.79 Å². The summed E-state index contributed by atoms with van der Waals surface area (Å²) in [6, 6.07) is 0.120. The summed E-state index contributed by atoms with van der Waals surface area (Å²) in [4.78, 5) is 26.8.